The van der Waals surface area contributed by atoms with Gasteiger partial charge in [-0.05, 0) is 39.8 Å². The van der Waals surface area contributed by atoms with E-state index in [2.05, 4.69) is 15.6 Å². The van der Waals surface area contributed by atoms with E-state index in [0.29, 0.717) is 18.1 Å². The van der Waals surface area contributed by atoms with Crippen LogP contribution in [0.5, 0.6) is 5.75 Å². The SMILES string of the molecule is CCNC(=O)C(C)Nc1ncccc1OC(C)C. The molecule has 5 heteroatoms. The average Bonchev–Trinajstić information content (AvgIpc) is 2.31. The number of aromatic nitrogens is 1. The highest BCUT2D eigenvalue weighted by Crippen LogP contribution is 2.22. The standard InChI is InChI=1S/C13H21N3O2/c1-5-14-13(17)10(4)16-12-11(18-9(2)3)7-6-8-15-12/h6-10H,5H2,1-4H3,(H,14,17)(H,15,16). The van der Waals surface area contributed by atoms with E-state index in [0.717, 1.165) is 0 Å². The van der Waals surface area contributed by atoms with Gasteiger partial charge in [0.15, 0.2) is 11.6 Å². The number of rotatable bonds is 6. The van der Waals surface area contributed by atoms with Crippen molar-refractivity contribution in [1.82, 2.24) is 10.3 Å². The number of carbonyl (C=O) groups excluding carboxylic acids is 1. The number of hydrogen-bond acceptors (Lipinski definition) is 4. The van der Waals surface area contributed by atoms with Crippen molar-refractivity contribution in [1.29, 1.82) is 0 Å². The average molecular weight is 251 g/mol. The Morgan fingerprint density at radius 2 is 2.17 bits per heavy atom. The minimum absolute atomic E-state index is 0.0568. The maximum atomic E-state index is 11.6. The van der Waals surface area contributed by atoms with Crippen LogP contribution in [0.4, 0.5) is 5.82 Å². The molecule has 0 saturated carbocycles. The summed E-state index contributed by atoms with van der Waals surface area (Å²) < 4.78 is 5.63. The molecule has 1 aromatic heterocycles. The highest BCUT2D eigenvalue weighted by Gasteiger charge is 2.14. The van der Waals surface area contributed by atoms with E-state index in [1.54, 1.807) is 19.2 Å². The molecule has 0 aromatic carbocycles. The van der Waals surface area contributed by atoms with Crippen molar-refractivity contribution in [2.24, 2.45) is 0 Å². The number of pyridine rings is 1. The van der Waals surface area contributed by atoms with Crippen molar-refractivity contribution in [3.8, 4) is 5.75 Å². The number of ether oxygens (including phenoxy) is 1. The van der Waals surface area contributed by atoms with Crippen LogP contribution in [0.3, 0.4) is 0 Å². The van der Waals surface area contributed by atoms with Gasteiger partial charge in [0.2, 0.25) is 5.91 Å². The van der Waals surface area contributed by atoms with Crippen LogP contribution in [0.1, 0.15) is 27.7 Å². The Labute approximate surface area is 108 Å². The maximum absolute atomic E-state index is 11.6. The molecular formula is C13H21N3O2. The van der Waals surface area contributed by atoms with E-state index < -0.39 is 0 Å². The number of amides is 1. The molecule has 0 aliphatic heterocycles. The third-order valence-corrected chi connectivity index (χ3v) is 2.23. The van der Waals surface area contributed by atoms with E-state index >= 15 is 0 Å². The molecule has 1 amide bonds. The first kappa shape index (κ1) is 14.3. The van der Waals surface area contributed by atoms with Crippen molar-refractivity contribution in [3.63, 3.8) is 0 Å². The fourth-order valence-corrected chi connectivity index (χ4v) is 1.45. The Hall–Kier alpha value is -1.78. The lowest BCUT2D eigenvalue weighted by molar-refractivity contribution is -0.121. The van der Waals surface area contributed by atoms with E-state index in [-0.39, 0.29) is 18.1 Å². The molecule has 18 heavy (non-hydrogen) atoms. The summed E-state index contributed by atoms with van der Waals surface area (Å²) in [7, 11) is 0. The highest BCUT2D eigenvalue weighted by molar-refractivity contribution is 5.84. The second kappa shape index (κ2) is 6.83. The van der Waals surface area contributed by atoms with E-state index in [9.17, 15) is 4.79 Å². The number of nitrogens with zero attached hydrogens (tertiary/aromatic N) is 1. The van der Waals surface area contributed by atoms with E-state index in [4.69, 9.17) is 4.74 Å². The Balaban J connectivity index is 2.74. The smallest absolute Gasteiger partial charge is 0.242 e. The van der Waals surface area contributed by atoms with Crippen LogP contribution in [0, 0.1) is 0 Å². The van der Waals surface area contributed by atoms with Crippen LogP contribution in [0.2, 0.25) is 0 Å². The van der Waals surface area contributed by atoms with Crippen molar-refractivity contribution >= 4 is 11.7 Å². The molecule has 0 aliphatic carbocycles. The molecule has 1 atom stereocenters. The quantitative estimate of drug-likeness (QED) is 0.809. The van der Waals surface area contributed by atoms with Gasteiger partial charge in [0.05, 0.1) is 6.10 Å². The first-order chi connectivity index (χ1) is 8.54. The van der Waals surface area contributed by atoms with Crippen LogP contribution in [-0.4, -0.2) is 29.6 Å². The summed E-state index contributed by atoms with van der Waals surface area (Å²) >= 11 is 0. The van der Waals surface area contributed by atoms with E-state index in [1.165, 1.54) is 0 Å². The van der Waals surface area contributed by atoms with Crippen LogP contribution < -0.4 is 15.4 Å². The zero-order chi connectivity index (χ0) is 13.5. The Kier molecular flexibility index (Phi) is 5.42. The number of nitrogens with one attached hydrogen (secondary N) is 2. The normalized spacial score (nSPS) is 12.1. The molecule has 2 N–H and O–H groups in total. The fourth-order valence-electron chi connectivity index (χ4n) is 1.45. The van der Waals surface area contributed by atoms with Gasteiger partial charge >= 0.3 is 0 Å². The van der Waals surface area contributed by atoms with Crippen molar-refractivity contribution in [2.45, 2.75) is 39.8 Å². The Bertz CT molecular complexity index is 394. The van der Waals surface area contributed by atoms with Gasteiger partial charge in [-0.2, -0.15) is 0 Å². The van der Waals surface area contributed by atoms with Gasteiger partial charge in [-0.15, -0.1) is 0 Å². The molecule has 5 nitrogen and oxygen atoms in total. The molecule has 0 radical (unpaired) electrons. The van der Waals surface area contributed by atoms with Crippen LogP contribution in [-0.2, 0) is 4.79 Å². The summed E-state index contributed by atoms with van der Waals surface area (Å²) in [5.41, 5.74) is 0. The van der Waals surface area contributed by atoms with Gasteiger partial charge in [-0.25, -0.2) is 4.98 Å². The zero-order valence-corrected chi connectivity index (χ0v) is 11.4. The summed E-state index contributed by atoms with van der Waals surface area (Å²) in [5.74, 6) is 1.19. The monoisotopic (exact) mass is 251 g/mol. The molecule has 0 spiro atoms. The molecule has 0 aliphatic rings. The topological polar surface area (TPSA) is 63.2 Å². The lowest BCUT2D eigenvalue weighted by Crippen LogP contribution is -2.37. The summed E-state index contributed by atoms with van der Waals surface area (Å²) in [6.07, 6.45) is 1.73. The molecule has 0 bridgehead atoms. The van der Waals surface area contributed by atoms with Crippen molar-refractivity contribution < 1.29 is 9.53 Å². The predicted molar refractivity (Wildman–Crippen MR) is 71.8 cm³/mol. The summed E-state index contributed by atoms with van der Waals surface area (Å²) in [4.78, 5) is 15.8. The molecule has 0 fully saturated rings. The fraction of sp³-hybridized carbons (Fsp3) is 0.538. The van der Waals surface area contributed by atoms with Gasteiger partial charge in [0, 0.05) is 12.7 Å². The van der Waals surface area contributed by atoms with Gasteiger partial charge in [-0.3, -0.25) is 4.79 Å². The van der Waals surface area contributed by atoms with Crippen LogP contribution in [0.25, 0.3) is 0 Å². The Morgan fingerprint density at radius 3 is 2.78 bits per heavy atom. The minimum Gasteiger partial charge on any atom is -0.487 e. The number of hydrogen-bond donors (Lipinski definition) is 2. The summed E-state index contributed by atoms with van der Waals surface area (Å²) in [5, 5.41) is 5.81. The lowest BCUT2D eigenvalue weighted by Gasteiger charge is -2.18. The molecule has 1 aromatic rings. The first-order valence-electron chi connectivity index (χ1n) is 6.20. The van der Waals surface area contributed by atoms with Crippen LogP contribution in [0.15, 0.2) is 18.3 Å². The van der Waals surface area contributed by atoms with Gasteiger partial charge in [0.25, 0.3) is 0 Å². The van der Waals surface area contributed by atoms with Gasteiger partial charge in [-0.1, -0.05) is 0 Å². The zero-order valence-electron chi connectivity index (χ0n) is 11.4. The molecule has 1 unspecified atom stereocenters. The predicted octanol–water partition coefficient (Wildman–Crippen LogP) is 1.81. The molecular weight excluding hydrogens is 230 g/mol. The third kappa shape index (κ3) is 4.24. The first-order valence-corrected chi connectivity index (χ1v) is 6.20. The third-order valence-electron chi connectivity index (χ3n) is 2.23. The number of likely N-dealkylation sites (N-methyl/N-ethyl adjacent to an activating group) is 1. The Morgan fingerprint density at radius 1 is 1.44 bits per heavy atom. The number of anilines is 1. The van der Waals surface area contributed by atoms with Gasteiger partial charge in [0.1, 0.15) is 6.04 Å². The summed E-state index contributed by atoms with van der Waals surface area (Å²) in [6.45, 7) is 8.19. The molecule has 1 heterocycles. The highest BCUT2D eigenvalue weighted by atomic mass is 16.5. The van der Waals surface area contributed by atoms with Crippen LogP contribution >= 0.6 is 0 Å². The molecule has 1 rings (SSSR count). The van der Waals surface area contributed by atoms with E-state index in [1.807, 2.05) is 26.8 Å². The van der Waals surface area contributed by atoms with Crippen molar-refractivity contribution in [2.75, 3.05) is 11.9 Å². The summed E-state index contributed by atoms with van der Waals surface area (Å²) in [6, 6.07) is 3.29. The lowest BCUT2D eigenvalue weighted by atomic mass is 10.3. The second-order valence-electron chi connectivity index (χ2n) is 4.28. The minimum atomic E-state index is -0.352. The number of carbonyl (C=O) groups is 1. The van der Waals surface area contributed by atoms with Gasteiger partial charge < -0.3 is 15.4 Å². The second-order valence-corrected chi connectivity index (χ2v) is 4.28. The maximum Gasteiger partial charge on any atom is 0.242 e. The molecule has 0 saturated heterocycles. The molecule has 100 valence electrons. The van der Waals surface area contributed by atoms with Crippen molar-refractivity contribution in [3.05, 3.63) is 18.3 Å². The largest absolute Gasteiger partial charge is 0.487 e.